The van der Waals surface area contributed by atoms with Crippen molar-refractivity contribution in [2.45, 2.75) is 26.3 Å². The molecule has 0 amide bonds. The first-order chi connectivity index (χ1) is 7.36. The van der Waals surface area contributed by atoms with E-state index in [9.17, 15) is 0 Å². The molecule has 1 aromatic rings. The lowest BCUT2D eigenvalue weighted by Crippen LogP contribution is -2.19. The monoisotopic (exact) mass is 209 g/mol. The minimum absolute atomic E-state index is 0.729. The predicted molar refractivity (Wildman–Crippen MR) is 59.6 cm³/mol. The summed E-state index contributed by atoms with van der Waals surface area (Å²) in [6, 6.07) is 1.94. The molecule has 0 saturated carbocycles. The van der Waals surface area contributed by atoms with Gasteiger partial charge in [0.25, 0.3) is 0 Å². The van der Waals surface area contributed by atoms with Crippen molar-refractivity contribution in [2.75, 3.05) is 20.3 Å². The molecule has 1 N–H and O–H groups in total. The van der Waals surface area contributed by atoms with Crippen LogP contribution in [0.15, 0.2) is 12.3 Å². The zero-order chi connectivity index (χ0) is 10.9. The van der Waals surface area contributed by atoms with Gasteiger partial charge in [-0.2, -0.15) is 0 Å². The first-order valence-electron chi connectivity index (χ1n) is 5.37. The summed E-state index contributed by atoms with van der Waals surface area (Å²) in [7, 11) is 1.70. The maximum atomic E-state index is 4.95. The number of hydrogen-bond donors (Lipinski definition) is 1. The highest BCUT2D eigenvalue weighted by molar-refractivity contribution is 5.02. The van der Waals surface area contributed by atoms with Crippen LogP contribution in [0.25, 0.3) is 0 Å². The Labute approximate surface area is 91.1 Å². The molecule has 0 aliphatic rings. The largest absolute Gasteiger partial charge is 0.383 e. The van der Waals surface area contributed by atoms with Crippen molar-refractivity contribution >= 4 is 0 Å². The minimum Gasteiger partial charge on any atom is -0.383 e. The number of hydrogen-bond acceptors (Lipinski definition) is 4. The normalized spacial score (nSPS) is 10.5. The molecule has 0 unspecified atom stereocenters. The first kappa shape index (κ1) is 12.1. The number of aryl methyl sites for hydroxylation is 1. The lowest BCUT2D eigenvalue weighted by molar-refractivity contribution is 0.199. The lowest BCUT2D eigenvalue weighted by atomic mass is 10.3. The standard InChI is InChI=1S/C11H19N3O/c1-3-4-11-13-6-5-10(14-11)9-12-7-8-15-2/h5-6,12H,3-4,7-9H2,1-2H3. The van der Waals surface area contributed by atoms with Crippen LogP contribution in [0, 0.1) is 0 Å². The molecule has 1 heterocycles. The Morgan fingerprint density at radius 3 is 3.07 bits per heavy atom. The van der Waals surface area contributed by atoms with E-state index in [0.29, 0.717) is 0 Å². The van der Waals surface area contributed by atoms with E-state index in [0.717, 1.165) is 44.1 Å². The van der Waals surface area contributed by atoms with Crippen molar-refractivity contribution in [3.63, 3.8) is 0 Å². The third kappa shape index (κ3) is 4.85. The summed E-state index contributed by atoms with van der Waals surface area (Å²) < 4.78 is 4.95. The summed E-state index contributed by atoms with van der Waals surface area (Å²) in [5, 5.41) is 3.26. The van der Waals surface area contributed by atoms with E-state index in [1.54, 1.807) is 7.11 Å². The van der Waals surface area contributed by atoms with Crippen LogP contribution in [-0.4, -0.2) is 30.2 Å². The Morgan fingerprint density at radius 1 is 1.47 bits per heavy atom. The Morgan fingerprint density at radius 2 is 2.33 bits per heavy atom. The molecule has 4 heteroatoms. The Bertz CT molecular complexity index is 278. The summed E-state index contributed by atoms with van der Waals surface area (Å²) >= 11 is 0. The summed E-state index contributed by atoms with van der Waals surface area (Å²) in [4.78, 5) is 8.66. The number of nitrogens with one attached hydrogen (secondary N) is 1. The zero-order valence-electron chi connectivity index (χ0n) is 9.49. The minimum atomic E-state index is 0.729. The van der Waals surface area contributed by atoms with E-state index in [1.807, 2.05) is 12.3 Å². The van der Waals surface area contributed by atoms with Crippen LogP contribution < -0.4 is 5.32 Å². The second kappa shape index (κ2) is 7.31. The van der Waals surface area contributed by atoms with Gasteiger partial charge in [-0.1, -0.05) is 6.92 Å². The molecule has 0 atom stereocenters. The molecule has 84 valence electrons. The van der Waals surface area contributed by atoms with Gasteiger partial charge in [0.15, 0.2) is 0 Å². The van der Waals surface area contributed by atoms with Crippen molar-refractivity contribution in [1.82, 2.24) is 15.3 Å². The highest BCUT2D eigenvalue weighted by Gasteiger charge is 1.97. The molecule has 0 aliphatic carbocycles. The highest BCUT2D eigenvalue weighted by Crippen LogP contribution is 1.98. The Kier molecular flexibility index (Phi) is 5.88. The topological polar surface area (TPSA) is 47.0 Å². The average molecular weight is 209 g/mol. The lowest BCUT2D eigenvalue weighted by Gasteiger charge is -2.04. The molecule has 1 rings (SSSR count). The van der Waals surface area contributed by atoms with E-state index in [1.165, 1.54) is 0 Å². The van der Waals surface area contributed by atoms with Crippen LogP contribution in [0.2, 0.25) is 0 Å². The van der Waals surface area contributed by atoms with Crippen LogP contribution in [0.3, 0.4) is 0 Å². The van der Waals surface area contributed by atoms with Gasteiger partial charge < -0.3 is 10.1 Å². The van der Waals surface area contributed by atoms with E-state index in [-0.39, 0.29) is 0 Å². The molecule has 4 nitrogen and oxygen atoms in total. The number of methoxy groups -OCH3 is 1. The van der Waals surface area contributed by atoms with Gasteiger partial charge in [-0.3, -0.25) is 0 Å². The number of nitrogens with zero attached hydrogens (tertiary/aromatic N) is 2. The van der Waals surface area contributed by atoms with Crippen LogP contribution in [0.5, 0.6) is 0 Å². The smallest absolute Gasteiger partial charge is 0.128 e. The fourth-order valence-corrected chi connectivity index (χ4v) is 1.27. The van der Waals surface area contributed by atoms with Gasteiger partial charge in [-0.15, -0.1) is 0 Å². The van der Waals surface area contributed by atoms with Gasteiger partial charge in [0, 0.05) is 32.8 Å². The fourth-order valence-electron chi connectivity index (χ4n) is 1.27. The number of ether oxygens (including phenoxy) is 1. The Hall–Kier alpha value is -1.00. The Balaban J connectivity index is 2.36. The molecule has 0 fully saturated rings. The van der Waals surface area contributed by atoms with Crippen LogP contribution in [0.4, 0.5) is 0 Å². The molecule has 0 saturated heterocycles. The summed E-state index contributed by atoms with van der Waals surface area (Å²) in [6.45, 7) is 4.49. The van der Waals surface area contributed by atoms with E-state index in [4.69, 9.17) is 4.74 Å². The van der Waals surface area contributed by atoms with Gasteiger partial charge in [0.1, 0.15) is 5.82 Å². The molecule has 0 aromatic carbocycles. The van der Waals surface area contributed by atoms with Crippen LogP contribution in [-0.2, 0) is 17.7 Å². The molecule has 15 heavy (non-hydrogen) atoms. The quantitative estimate of drug-likeness (QED) is 0.685. The second-order valence-corrected chi connectivity index (χ2v) is 3.38. The van der Waals surface area contributed by atoms with Crippen molar-refractivity contribution in [1.29, 1.82) is 0 Å². The fraction of sp³-hybridized carbons (Fsp3) is 0.636. The summed E-state index contributed by atoms with van der Waals surface area (Å²) in [6.07, 6.45) is 3.86. The molecule has 0 spiro atoms. The van der Waals surface area contributed by atoms with Gasteiger partial charge in [0.05, 0.1) is 12.3 Å². The van der Waals surface area contributed by atoms with Gasteiger partial charge >= 0.3 is 0 Å². The van der Waals surface area contributed by atoms with Crippen molar-refractivity contribution < 1.29 is 4.74 Å². The SMILES string of the molecule is CCCc1nccc(CNCCOC)n1. The average Bonchev–Trinajstić information content (AvgIpc) is 2.26. The van der Waals surface area contributed by atoms with Crippen molar-refractivity contribution in [3.8, 4) is 0 Å². The molecule has 0 bridgehead atoms. The van der Waals surface area contributed by atoms with E-state index in [2.05, 4.69) is 22.2 Å². The van der Waals surface area contributed by atoms with Crippen LogP contribution >= 0.6 is 0 Å². The van der Waals surface area contributed by atoms with Gasteiger partial charge in [-0.05, 0) is 12.5 Å². The highest BCUT2D eigenvalue weighted by atomic mass is 16.5. The molecular formula is C11H19N3O. The van der Waals surface area contributed by atoms with Crippen LogP contribution in [0.1, 0.15) is 24.9 Å². The first-order valence-corrected chi connectivity index (χ1v) is 5.37. The molecule has 1 aromatic heterocycles. The second-order valence-electron chi connectivity index (χ2n) is 3.38. The third-order valence-electron chi connectivity index (χ3n) is 2.03. The molecular weight excluding hydrogens is 190 g/mol. The van der Waals surface area contributed by atoms with Crippen molar-refractivity contribution in [2.24, 2.45) is 0 Å². The number of rotatable bonds is 7. The van der Waals surface area contributed by atoms with E-state index < -0.39 is 0 Å². The summed E-state index contributed by atoms with van der Waals surface area (Å²) in [5.74, 6) is 0.934. The third-order valence-corrected chi connectivity index (χ3v) is 2.03. The number of aromatic nitrogens is 2. The maximum absolute atomic E-state index is 4.95. The van der Waals surface area contributed by atoms with Gasteiger partial charge in [0.2, 0.25) is 0 Å². The molecule has 0 aliphatic heterocycles. The van der Waals surface area contributed by atoms with Crippen molar-refractivity contribution in [3.05, 3.63) is 23.8 Å². The predicted octanol–water partition coefficient (Wildman–Crippen LogP) is 1.17. The van der Waals surface area contributed by atoms with Gasteiger partial charge in [-0.25, -0.2) is 9.97 Å². The summed E-state index contributed by atoms with van der Waals surface area (Å²) in [5.41, 5.74) is 1.05. The maximum Gasteiger partial charge on any atom is 0.128 e. The molecule has 0 radical (unpaired) electrons. The zero-order valence-corrected chi connectivity index (χ0v) is 9.49. The van der Waals surface area contributed by atoms with E-state index >= 15 is 0 Å².